The molecule has 1 atom stereocenters. The maximum Gasteiger partial charge on any atom is 0.166 e. The van der Waals surface area contributed by atoms with Gasteiger partial charge in [0, 0.05) is 12.2 Å². The second-order valence-corrected chi connectivity index (χ2v) is 6.02. The molecule has 0 aliphatic heterocycles. The maximum atomic E-state index is 13.6. The molecule has 0 aromatic carbocycles. The Hall–Kier alpha value is -0.830. The van der Waals surface area contributed by atoms with Crippen molar-refractivity contribution >= 4 is 17.4 Å². The third kappa shape index (κ3) is 3.32. The van der Waals surface area contributed by atoms with Crippen molar-refractivity contribution in [3.8, 4) is 0 Å². The van der Waals surface area contributed by atoms with Gasteiger partial charge in [0.2, 0.25) is 0 Å². The van der Waals surface area contributed by atoms with E-state index in [9.17, 15) is 4.39 Å². The molecule has 1 unspecified atom stereocenters. The summed E-state index contributed by atoms with van der Waals surface area (Å²) in [6.07, 6.45) is 6.02. The van der Waals surface area contributed by atoms with Crippen molar-refractivity contribution in [3.05, 3.63) is 23.1 Å². The Bertz CT molecular complexity index is 406. The molecule has 1 aliphatic rings. The summed E-state index contributed by atoms with van der Waals surface area (Å²) in [4.78, 5) is 4.00. The SMILES string of the molecule is CC1(C)CCCC(Nc2ncc(Cl)cc2F)C1. The number of hydrogen-bond acceptors (Lipinski definition) is 2. The summed E-state index contributed by atoms with van der Waals surface area (Å²) < 4.78 is 13.6. The first kappa shape index (κ1) is 12.6. The number of nitrogens with zero attached hydrogens (tertiary/aromatic N) is 1. The lowest BCUT2D eigenvalue weighted by Gasteiger charge is -2.35. The van der Waals surface area contributed by atoms with Crippen molar-refractivity contribution in [3.63, 3.8) is 0 Å². The van der Waals surface area contributed by atoms with E-state index in [0.717, 1.165) is 12.8 Å². The van der Waals surface area contributed by atoms with E-state index in [-0.39, 0.29) is 5.82 Å². The van der Waals surface area contributed by atoms with Crippen LogP contribution in [0.1, 0.15) is 39.5 Å². The molecule has 0 spiro atoms. The number of anilines is 1. The van der Waals surface area contributed by atoms with Crippen molar-refractivity contribution in [2.45, 2.75) is 45.6 Å². The molecular formula is C13H18ClFN2. The van der Waals surface area contributed by atoms with E-state index < -0.39 is 0 Å². The molecule has 1 aliphatic carbocycles. The summed E-state index contributed by atoms with van der Waals surface area (Å²) in [6.45, 7) is 4.51. The van der Waals surface area contributed by atoms with Gasteiger partial charge in [-0.05, 0) is 30.7 Å². The molecule has 0 radical (unpaired) electrons. The highest BCUT2D eigenvalue weighted by atomic mass is 35.5. The zero-order valence-corrected chi connectivity index (χ0v) is 11.0. The molecule has 2 nitrogen and oxygen atoms in total. The van der Waals surface area contributed by atoms with Gasteiger partial charge in [-0.2, -0.15) is 0 Å². The average molecular weight is 257 g/mol. The van der Waals surface area contributed by atoms with Crippen LogP contribution in [-0.2, 0) is 0 Å². The Morgan fingerprint density at radius 3 is 2.94 bits per heavy atom. The summed E-state index contributed by atoms with van der Waals surface area (Å²) in [5.41, 5.74) is 0.332. The smallest absolute Gasteiger partial charge is 0.166 e. The van der Waals surface area contributed by atoms with Crippen LogP contribution in [0.15, 0.2) is 12.3 Å². The zero-order valence-electron chi connectivity index (χ0n) is 10.3. The summed E-state index contributed by atoms with van der Waals surface area (Å²) in [5.74, 6) is -0.0574. The highest BCUT2D eigenvalue weighted by molar-refractivity contribution is 6.30. The van der Waals surface area contributed by atoms with E-state index >= 15 is 0 Å². The van der Waals surface area contributed by atoms with Crippen LogP contribution < -0.4 is 5.32 Å². The van der Waals surface area contributed by atoms with Gasteiger partial charge >= 0.3 is 0 Å². The minimum absolute atomic E-state index is 0.307. The van der Waals surface area contributed by atoms with E-state index in [0.29, 0.717) is 22.3 Å². The zero-order chi connectivity index (χ0) is 12.5. The molecule has 1 aromatic rings. The first-order valence-corrected chi connectivity index (χ1v) is 6.42. The fraction of sp³-hybridized carbons (Fsp3) is 0.615. The largest absolute Gasteiger partial charge is 0.365 e. The molecule has 94 valence electrons. The van der Waals surface area contributed by atoms with E-state index in [2.05, 4.69) is 24.1 Å². The summed E-state index contributed by atoms with van der Waals surface area (Å²) in [5, 5.41) is 3.52. The quantitative estimate of drug-likeness (QED) is 0.855. The van der Waals surface area contributed by atoms with Crippen molar-refractivity contribution in [2.75, 3.05) is 5.32 Å². The van der Waals surface area contributed by atoms with Crippen molar-refractivity contribution in [1.82, 2.24) is 4.98 Å². The van der Waals surface area contributed by atoms with Crippen molar-refractivity contribution < 1.29 is 4.39 Å². The van der Waals surface area contributed by atoms with Gasteiger partial charge in [-0.3, -0.25) is 0 Å². The molecule has 0 bridgehead atoms. The predicted molar refractivity (Wildman–Crippen MR) is 68.9 cm³/mol. The Morgan fingerprint density at radius 1 is 1.53 bits per heavy atom. The van der Waals surface area contributed by atoms with Crippen LogP contribution in [0.25, 0.3) is 0 Å². The molecule has 0 saturated heterocycles. The van der Waals surface area contributed by atoms with Crippen LogP contribution in [0, 0.1) is 11.2 Å². The number of nitrogens with one attached hydrogen (secondary N) is 1. The fourth-order valence-electron chi connectivity index (χ4n) is 2.54. The van der Waals surface area contributed by atoms with Gasteiger partial charge in [0.15, 0.2) is 11.6 Å². The van der Waals surface area contributed by atoms with E-state index in [4.69, 9.17) is 11.6 Å². The van der Waals surface area contributed by atoms with Gasteiger partial charge in [-0.25, -0.2) is 9.37 Å². The molecule has 1 heterocycles. The number of pyridine rings is 1. The van der Waals surface area contributed by atoms with Crippen molar-refractivity contribution in [2.24, 2.45) is 5.41 Å². The standard InChI is InChI=1S/C13H18ClFN2/c1-13(2)5-3-4-10(7-13)17-12-11(15)6-9(14)8-16-12/h6,8,10H,3-5,7H2,1-2H3,(H,16,17). The second-order valence-electron chi connectivity index (χ2n) is 5.59. The number of rotatable bonds is 2. The Kier molecular flexibility index (Phi) is 3.57. The normalized spacial score (nSPS) is 23.4. The Labute approximate surface area is 107 Å². The third-order valence-electron chi connectivity index (χ3n) is 3.35. The molecule has 1 fully saturated rings. The monoisotopic (exact) mass is 256 g/mol. The van der Waals surface area contributed by atoms with Gasteiger partial charge in [0.1, 0.15) is 0 Å². The second kappa shape index (κ2) is 4.81. The average Bonchev–Trinajstić information content (AvgIpc) is 2.21. The molecule has 1 N–H and O–H groups in total. The van der Waals surface area contributed by atoms with Crippen LogP contribution >= 0.6 is 11.6 Å². The lowest BCUT2D eigenvalue weighted by molar-refractivity contribution is 0.229. The summed E-state index contributed by atoms with van der Waals surface area (Å²) in [7, 11) is 0. The molecule has 2 rings (SSSR count). The lowest BCUT2D eigenvalue weighted by Crippen LogP contribution is -2.32. The first-order chi connectivity index (χ1) is 7.96. The number of halogens is 2. The van der Waals surface area contributed by atoms with Crippen LogP contribution in [0.2, 0.25) is 5.02 Å². The Balaban J connectivity index is 2.05. The predicted octanol–water partition coefficient (Wildman–Crippen LogP) is 4.25. The molecule has 4 heteroatoms. The van der Waals surface area contributed by atoms with Gasteiger partial charge in [0.25, 0.3) is 0 Å². The van der Waals surface area contributed by atoms with Gasteiger partial charge in [0.05, 0.1) is 5.02 Å². The van der Waals surface area contributed by atoms with Crippen molar-refractivity contribution in [1.29, 1.82) is 0 Å². The highest BCUT2D eigenvalue weighted by Gasteiger charge is 2.28. The molecule has 1 aromatic heterocycles. The van der Waals surface area contributed by atoms with Crippen LogP contribution in [-0.4, -0.2) is 11.0 Å². The summed E-state index contributed by atoms with van der Waals surface area (Å²) in [6, 6.07) is 1.60. The van der Waals surface area contributed by atoms with Crippen LogP contribution in [0.4, 0.5) is 10.2 Å². The first-order valence-electron chi connectivity index (χ1n) is 6.04. The topological polar surface area (TPSA) is 24.9 Å². The summed E-state index contributed by atoms with van der Waals surface area (Å²) >= 11 is 5.67. The Morgan fingerprint density at radius 2 is 2.29 bits per heavy atom. The van der Waals surface area contributed by atoms with Gasteiger partial charge < -0.3 is 5.32 Å². The van der Waals surface area contributed by atoms with E-state index in [1.807, 2.05) is 0 Å². The number of aromatic nitrogens is 1. The van der Waals surface area contributed by atoms with E-state index in [1.54, 1.807) is 0 Å². The third-order valence-corrected chi connectivity index (χ3v) is 3.56. The molecular weight excluding hydrogens is 239 g/mol. The molecule has 1 saturated carbocycles. The lowest BCUT2D eigenvalue weighted by atomic mass is 9.75. The van der Waals surface area contributed by atoms with Crippen LogP contribution in [0.5, 0.6) is 0 Å². The molecule has 17 heavy (non-hydrogen) atoms. The minimum atomic E-state index is -0.374. The van der Waals surface area contributed by atoms with E-state index in [1.165, 1.54) is 25.1 Å². The number of hydrogen-bond donors (Lipinski definition) is 1. The fourth-order valence-corrected chi connectivity index (χ4v) is 2.68. The minimum Gasteiger partial charge on any atom is -0.365 e. The van der Waals surface area contributed by atoms with Crippen LogP contribution in [0.3, 0.4) is 0 Å². The highest BCUT2D eigenvalue weighted by Crippen LogP contribution is 2.36. The van der Waals surface area contributed by atoms with Gasteiger partial charge in [-0.15, -0.1) is 0 Å². The molecule has 0 amide bonds. The maximum absolute atomic E-state index is 13.6. The van der Waals surface area contributed by atoms with Gasteiger partial charge in [-0.1, -0.05) is 31.9 Å².